The lowest BCUT2D eigenvalue weighted by Gasteiger charge is -2.12. The van der Waals surface area contributed by atoms with E-state index in [1.165, 1.54) is 24.3 Å². The number of nitrogens with one attached hydrogen (secondary N) is 1. The van der Waals surface area contributed by atoms with Crippen molar-refractivity contribution in [1.82, 2.24) is 0 Å². The van der Waals surface area contributed by atoms with Gasteiger partial charge in [0.1, 0.15) is 5.82 Å². The standard InChI is InChI=1S/C13H10F3NO2S2/c14-9-5-7-10(8-6-9)21(18,19)17-11-3-1-2-4-12(11)20-13(15)16/h1-8,13,17H. The van der Waals surface area contributed by atoms with Gasteiger partial charge in [0, 0.05) is 4.90 Å². The predicted molar refractivity (Wildman–Crippen MR) is 75.5 cm³/mol. The van der Waals surface area contributed by atoms with E-state index in [1.807, 2.05) is 0 Å². The topological polar surface area (TPSA) is 46.2 Å². The van der Waals surface area contributed by atoms with Crippen molar-refractivity contribution in [1.29, 1.82) is 0 Å². The van der Waals surface area contributed by atoms with E-state index in [0.29, 0.717) is 0 Å². The zero-order chi connectivity index (χ0) is 15.5. The second kappa shape index (κ2) is 6.40. The van der Waals surface area contributed by atoms with Crippen molar-refractivity contribution in [2.24, 2.45) is 0 Å². The number of sulfonamides is 1. The van der Waals surface area contributed by atoms with E-state index >= 15 is 0 Å². The summed E-state index contributed by atoms with van der Waals surface area (Å²) in [5.74, 6) is -3.23. The Kier molecular flexibility index (Phi) is 4.79. The van der Waals surface area contributed by atoms with Gasteiger partial charge in [-0.05, 0) is 36.4 Å². The van der Waals surface area contributed by atoms with Crippen molar-refractivity contribution >= 4 is 27.5 Å². The van der Waals surface area contributed by atoms with Gasteiger partial charge in [-0.15, -0.1) is 0 Å². The Labute approximate surface area is 124 Å². The maximum absolute atomic E-state index is 12.8. The minimum atomic E-state index is -3.96. The second-order valence-electron chi connectivity index (χ2n) is 3.93. The molecule has 0 saturated heterocycles. The molecule has 0 heterocycles. The van der Waals surface area contributed by atoms with E-state index in [4.69, 9.17) is 0 Å². The van der Waals surface area contributed by atoms with Crippen molar-refractivity contribution < 1.29 is 21.6 Å². The van der Waals surface area contributed by atoms with Gasteiger partial charge in [0.05, 0.1) is 10.6 Å². The van der Waals surface area contributed by atoms with E-state index in [0.717, 1.165) is 24.3 Å². The lowest BCUT2D eigenvalue weighted by Crippen LogP contribution is -2.13. The Balaban J connectivity index is 2.30. The van der Waals surface area contributed by atoms with Gasteiger partial charge in [0.15, 0.2) is 0 Å². The first-order chi connectivity index (χ1) is 9.88. The number of alkyl halides is 2. The zero-order valence-corrected chi connectivity index (χ0v) is 12.1. The molecule has 0 atom stereocenters. The molecule has 0 aliphatic heterocycles. The normalized spacial score (nSPS) is 11.6. The summed E-state index contributed by atoms with van der Waals surface area (Å²) >= 11 is 0.243. The van der Waals surface area contributed by atoms with Gasteiger partial charge >= 0.3 is 0 Å². The van der Waals surface area contributed by atoms with Crippen LogP contribution in [0, 0.1) is 5.82 Å². The van der Waals surface area contributed by atoms with Gasteiger partial charge in [-0.25, -0.2) is 12.8 Å². The molecular weight excluding hydrogens is 323 g/mol. The van der Waals surface area contributed by atoms with E-state index in [9.17, 15) is 21.6 Å². The third kappa shape index (κ3) is 4.15. The summed E-state index contributed by atoms with van der Waals surface area (Å²) in [6.45, 7) is 0. The highest BCUT2D eigenvalue weighted by atomic mass is 32.2. The van der Waals surface area contributed by atoms with Gasteiger partial charge in [0.2, 0.25) is 0 Å². The van der Waals surface area contributed by atoms with Crippen LogP contribution in [0.3, 0.4) is 0 Å². The fourth-order valence-corrected chi connectivity index (χ4v) is 3.31. The highest BCUT2D eigenvalue weighted by Gasteiger charge is 2.17. The molecule has 1 N–H and O–H groups in total. The SMILES string of the molecule is O=S(=O)(Nc1ccccc1SC(F)F)c1ccc(F)cc1. The highest BCUT2D eigenvalue weighted by molar-refractivity contribution is 7.99. The number of thioether (sulfide) groups is 1. The molecule has 2 rings (SSSR count). The van der Waals surface area contributed by atoms with Crippen molar-refractivity contribution in [3.8, 4) is 0 Å². The van der Waals surface area contributed by atoms with E-state index < -0.39 is 21.6 Å². The molecule has 0 spiro atoms. The van der Waals surface area contributed by atoms with Crippen LogP contribution in [0.2, 0.25) is 0 Å². The Morgan fingerprint density at radius 1 is 1.00 bits per heavy atom. The van der Waals surface area contributed by atoms with Crippen molar-refractivity contribution in [2.45, 2.75) is 15.5 Å². The van der Waals surface area contributed by atoms with Crippen LogP contribution in [0.1, 0.15) is 0 Å². The van der Waals surface area contributed by atoms with Crippen LogP contribution in [0.4, 0.5) is 18.9 Å². The monoisotopic (exact) mass is 333 g/mol. The maximum Gasteiger partial charge on any atom is 0.288 e. The molecule has 0 amide bonds. The summed E-state index contributed by atoms with van der Waals surface area (Å²) in [4.78, 5) is -0.0427. The van der Waals surface area contributed by atoms with Crippen LogP contribution < -0.4 is 4.72 Å². The molecule has 2 aromatic rings. The fraction of sp³-hybridized carbons (Fsp3) is 0.0769. The summed E-state index contributed by atoms with van der Waals surface area (Å²) in [5.41, 5.74) is 0.0483. The van der Waals surface area contributed by atoms with E-state index in [-0.39, 0.29) is 27.2 Å². The average Bonchev–Trinajstić information content (AvgIpc) is 2.40. The molecule has 0 aliphatic carbocycles. The molecule has 0 unspecified atom stereocenters. The first-order valence-electron chi connectivity index (χ1n) is 5.71. The number of hydrogen-bond donors (Lipinski definition) is 1. The minimum Gasteiger partial charge on any atom is -0.278 e. The van der Waals surface area contributed by atoms with Crippen LogP contribution in [0.25, 0.3) is 0 Å². The van der Waals surface area contributed by atoms with Crippen LogP contribution in [0.15, 0.2) is 58.3 Å². The number of rotatable bonds is 5. The Bertz CT molecular complexity index is 718. The van der Waals surface area contributed by atoms with Gasteiger partial charge in [-0.2, -0.15) is 8.78 Å². The Morgan fingerprint density at radius 2 is 1.62 bits per heavy atom. The highest BCUT2D eigenvalue weighted by Crippen LogP contribution is 2.32. The smallest absolute Gasteiger partial charge is 0.278 e. The molecule has 3 nitrogen and oxygen atoms in total. The Hall–Kier alpha value is -1.67. The van der Waals surface area contributed by atoms with Crippen molar-refractivity contribution in [3.63, 3.8) is 0 Å². The molecule has 112 valence electrons. The van der Waals surface area contributed by atoms with Crippen LogP contribution in [-0.4, -0.2) is 14.2 Å². The van der Waals surface area contributed by atoms with Crippen LogP contribution in [-0.2, 0) is 10.0 Å². The minimum absolute atomic E-state index is 0.0483. The predicted octanol–water partition coefficient (Wildman–Crippen LogP) is 3.94. The molecule has 21 heavy (non-hydrogen) atoms. The maximum atomic E-state index is 12.8. The van der Waals surface area contributed by atoms with Crippen LogP contribution >= 0.6 is 11.8 Å². The third-order valence-electron chi connectivity index (χ3n) is 2.47. The molecule has 0 saturated carbocycles. The first kappa shape index (κ1) is 15.7. The fourth-order valence-electron chi connectivity index (χ4n) is 1.57. The quantitative estimate of drug-likeness (QED) is 0.843. The molecule has 0 radical (unpaired) electrons. The number of halogens is 3. The van der Waals surface area contributed by atoms with Crippen molar-refractivity contribution in [2.75, 3.05) is 4.72 Å². The summed E-state index contributed by atoms with van der Waals surface area (Å²) in [5, 5.41) is 0. The van der Waals surface area contributed by atoms with Gasteiger partial charge in [-0.1, -0.05) is 23.9 Å². The molecule has 0 aliphatic rings. The molecular formula is C13H10F3NO2S2. The van der Waals surface area contributed by atoms with E-state index in [2.05, 4.69) is 4.72 Å². The molecule has 2 aromatic carbocycles. The number of anilines is 1. The second-order valence-corrected chi connectivity index (χ2v) is 6.65. The van der Waals surface area contributed by atoms with Gasteiger partial charge < -0.3 is 0 Å². The lowest BCUT2D eigenvalue weighted by atomic mass is 10.3. The summed E-state index contributed by atoms with van der Waals surface area (Å²) < 4.78 is 64.2. The summed E-state index contributed by atoms with van der Waals surface area (Å²) in [6, 6.07) is 10.0. The summed E-state index contributed by atoms with van der Waals surface area (Å²) in [7, 11) is -3.96. The average molecular weight is 333 g/mol. The van der Waals surface area contributed by atoms with Gasteiger partial charge in [0.25, 0.3) is 15.8 Å². The Morgan fingerprint density at radius 3 is 2.24 bits per heavy atom. The molecule has 0 fully saturated rings. The number of benzene rings is 2. The van der Waals surface area contributed by atoms with E-state index in [1.54, 1.807) is 0 Å². The van der Waals surface area contributed by atoms with Gasteiger partial charge in [-0.3, -0.25) is 4.72 Å². The molecule has 0 aromatic heterocycles. The third-order valence-corrected chi connectivity index (χ3v) is 4.64. The first-order valence-corrected chi connectivity index (χ1v) is 8.07. The number of para-hydroxylation sites is 1. The summed E-state index contributed by atoms with van der Waals surface area (Å²) in [6.07, 6.45) is 0. The largest absolute Gasteiger partial charge is 0.288 e. The van der Waals surface area contributed by atoms with Crippen LogP contribution in [0.5, 0.6) is 0 Å². The molecule has 8 heteroatoms. The number of hydrogen-bond acceptors (Lipinski definition) is 3. The van der Waals surface area contributed by atoms with Crippen molar-refractivity contribution in [3.05, 3.63) is 54.3 Å². The lowest BCUT2D eigenvalue weighted by molar-refractivity contribution is 0.252. The molecule has 0 bridgehead atoms. The zero-order valence-electron chi connectivity index (χ0n) is 10.5.